The summed E-state index contributed by atoms with van der Waals surface area (Å²) in [4.78, 5) is 12.2. The van der Waals surface area contributed by atoms with E-state index in [0.717, 1.165) is 35.5 Å². The van der Waals surface area contributed by atoms with Gasteiger partial charge in [-0.1, -0.05) is 12.1 Å². The van der Waals surface area contributed by atoms with Gasteiger partial charge in [-0.05, 0) is 79.4 Å². The lowest BCUT2D eigenvalue weighted by atomic mass is 9.49. The minimum atomic E-state index is 0.153. The average molecular weight is 298 g/mol. The molecular weight excluding hydrogens is 272 g/mol. The Bertz CT molecular complexity index is 528. The number of nitrogens with one attached hydrogen (secondary N) is 1. The molecule has 0 heterocycles. The number of carbonyl (C=O) groups is 1. The van der Waals surface area contributed by atoms with Crippen LogP contribution in [0.25, 0.3) is 0 Å². The Morgan fingerprint density at radius 2 is 1.59 bits per heavy atom. The number of anilines is 1. The van der Waals surface area contributed by atoms with E-state index >= 15 is 0 Å². The summed E-state index contributed by atoms with van der Waals surface area (Å²) in [6.45, 7) is 0.893. The molecular formula is C19H26N2O. The first-order valence-corrected chi connectivity index (χ1v) is 8.71. The molecule has 4 fully saturated rings. The van der Waals surface area contributed by atoms with E-state index in [4.69, 9.17) is 5.73 Å². The average Bonchev–Trinajstić information content (AvgIpc) is 2.46. The Kier molecular flexibility index (Phi) is 3.39. The number of benzene rings is 1. The van der Waals surface area contributed by atoms with Crippen molar-refractivity contribution in [3.05, 3.63) is 29.8 Å². The highest BCUT2D eigenvalue weighted by Gasteiger charge is 2.50. The second kappa shape index (κ2) is 5.29. The van der Waals surface area contributed by atoms with Gasteiger partial charge in [-0.25, -0.2) is 0 Å². The van der Waals surface area contributed by atoms with Crippen molar-refractivity contribution in [2.24, 2.45) is 23.2 Å². The molecule has 3 nitrogen and oxygen atoms in total. The first kappa shape index (κ1) is 14.1. The van der Waals surface area contributed by atoms with Crippen LogP contribution in [0.3, 0.4) is 0 Å². The molecule has 4 saturated carbocycles. The highest BCUT2D eigenvalue weighted by atomic mass is 16.1. The van der Waals surface area contributed by atoms with Crippen LogP contribution in [0.5, 0.6) is 0 Å². The Hall–Kier alpha value is -1.51. The monoisotopic (exact) mass is 298 g/mol. The summed E-state index contributed by atoms with van der Waals surface area (Å²) >= 11 is 0. The molecule has 4 aliphatic rings. The van der Waals surface area contributed by atoms with Crippen LogP contribution in [-0.2, 0) is 11.2 Å². The zero-order valence-corrected chi connectivity index (χ0v) is 13.2. The molecule has 0 spiro atoms. The summed E-state index contributed by atoms with van der Waals surface area (Å²) in [5.41, 5.74) is 7.89. The quantitative estimate of drug-likeness (QED) is 0.839. The van der Waals surface area contributed by atoms with Crippen LogP contribution < -0.4 is 11.1 Å². The van der Waals surface area contributed by atoms with Crippen molar-refractivity contribution in [3.8, 4) is 0 Å². The summed E-state index contributed by atoms with van der Waals surface area (Å²) < 4.78 is 0. The van der Waals surface area contributed by atoms with Crippen LogP contribution >= 0.6 is 0 Å². The first-order valence-electron chi connectivity index (χ1n) is 8.71. The molecule has 22 heavy (non-hydrogen) atoms. The third kappa shape index (κ3) is 2.73. The van der Waals surface area contributed by atoms with Crippen LogP contribution in [0, 0.1) is 23.2 Å². The lowest BCUT2D eigenvalue weighted by Crippen LogP contribution is -2.51. The zero-order valence-electron chi connectivity index (χ0n) is 13.2. The lowest BCUT2D eigenvalue weighted by Gasteiger charge is -2.56. The second-order valence-electron chi connectivity index (χ2n) is 8.11. The molecule has 118 valence electrons. The highest BCUT2D eigenvalue weighted by molar-refractivity contribution is 5.78. The third-order valence-corrected chi connectivity index (χ3v) is 6.17. The van der Waals surface area contributed by atoms with Gasteiger partial charge in [-0.3, -0.25) is 4.79 Å². The van der Waals surface area contributed by atoms with Gasteiger partial charge in [0, 0.05) is 12.2 Å². The van der Waals surface area contributed by atoms with E-state index in [0.29, 0.717) is 11.8 Å². The molecule has 0 radical (unpaired) electrons. The summed E-state index contributed by atoms with van der Waals surface area (Å²) in [5, 5.41) is 3.23. The van der Waals surface area contributed by atoms with E-state index in [1.54, 1.807) is 0 Å². The van der Waals surface area contributed by atoms with Gasteiger partial charge in [0.2, 0.25) is 5.91 Å². The number of nitrogen functional groups attached to an aromatic ring is 1. The van der Waals surface area contributed by atoms with Crippen LogP contribution in [-0.4, -0.2) is 12.5 Å². The Labute approximate surface area is 132 Å². The number of carbonyl (C=O) groups excluding carboxylic acids is 1. The van der Waals surface area contributed by atoms with E-state index in [9.17, 15) is 4.79 Å². The fraction of sp³-hybridized carbons (Fsp3) is 0.632. The Morgan fingerprint density at radius 1 is 1.05 bits per heavy atom. The van der Waals surface area contributed by atoms with E-state index in [-0.39, 0.29) is 5.91 Å². The Morgan fingerprint density at radius 3 is 2.14 bits per heavy atom. The van der Waals surface area contributed by atoms with Gasteiger partial charge in [-0.15, -0.1) is 0 Å². The van der Waals surface area contributed by atoms with E-state index < -0.39 is 0 Å². The molecule has 0 saturated heterocycles. The van der Waals surface area contributed by atoms with Crippen molar-refractivity contribution in [3.63, 3.8) is 0 Å². The molecule has 1 amide bonds. The van der Waals surface area contributed by atoms with Gasteiger partial charge >= 0.3 is 0 Å². The van der Waals surface area contributed by atoms with Crippen LogP contribution in [0.4, 0.5) is 5.69 Å². The zero-order chi connectivity index (χ0) is 15.2. The van der Waals surface area contributed by atoms with E-state index in [1.165, 1.54) is 38.5 Å². The van der Waals surface area contributed by atoms with Gasteiger partial charge in [0.05, 0.1) is 6.42 Å². The predicted octanol–water partition coefficient (Wildman–Crippen LogP) is 3.14. The molecule has 5 rings (SSSR count). The van der Waals surface area contributed by atoms with E-state index in [2.05, 4.69) is 5.32 Å². The normalized spacial score (nSPS) is 35.5. The maximum atomic E-state index is 12.2. The van der Waals surface area contributed by atoms with Crippen LogP contribution in [0.15, 0.2) is 24.3 Å². The molecule has 0 aromatic heterocycles. The number of rotatable bonds is 4. The van der Waals surface area contributed by atoms with Gasteiger partial charge in [0.25, 0.3) is 0 Å². The first-order chi connectivity index (χ1) is 10.6. The highest BCUT2D eigenvalue weighted by Crippen LogP contribution is 2.59. The standard InChI is InChI=1S/C19H26N2O/c20-17-3-1-13(2-4-17)8-18(22)21-12-19-9-14-5-15(10-19)7-16(6-14)11-19/h1-4,14-16H,5-12,20H2,(H,21,22). The van der Waals surface area contributed by atoms with Crippen LogP contribution in [0.1, 0.15) is 44.1 Å². The third-order valence-electron chi connectivity index (χ3n) is 6.17. The molecule has 4 aliphatic carbocycles. The van der Waals surface area contributed by atoms with Crippen molar-refractivity contribution in [1.29, 1.82) is 0 Å². The summed E-state index contributed by atoms with van der Waals surface area (Å²) in [7, 11) is 0. The van der Waals surface area contributed by atoms with Gasteiger partial charge < -0.3 is 11.1 Å². The second-order valence-corrected chi connectivity index (χ2v) is 8.11. The number of amides is 1. The number of hydrogen-bond acceptors (Lipinski definition) is 2. The van der Waals surface area contributed by atoms with Crippen molar-refractivity contribution >= 4 is 11.6 Å². The van der Waals surface area contributed by atoms with Crippen molar-refractivity contribution in [2.75, 3.05) is 12.3 Å². The fourth-order valence-corrected chi connectivity index (χ4v) is 5.68. The summed E-state index contributed by atoms with van der Waals surface area (Å²) in [6.07, 6.45) is 8.88. The lowest BCUT2D eigenvalue weighted by molar-refractivity contribution is -0.122. The number of hydrogen-bond donors (Lipinski definition) is 2. The van der Waals surface area contributed by atoms with Gasteiger partial charge in [0.15, 0.2) is 0 Å². The van der Waals surface area contributed by atoms with Crippen molar-refractivity contribution in [1.82, 2.24) is 5.32 Å². The van der Waals surface area contributed by atoms with Gasteiger partial charge in [0.1, 0.15) is 0 Å². The Balaban J connectivity index is 1.34. The smallest absolute Gasteiger partial charge is 0.224 e. The maximum absolute atomic E-state index is 12.2. The van der Waals surface area contributed by atoms with Crippen LogP contribution in [0.2, 0.25) is 0 Å². The topological polar surface area (TPSA) is 55.1 Å². The molecule has 1 aromatic rings. The maximum Gasteiger partial charge on any atom is 0.224 e. The fourth-order valence-electron chi connectivity index (χ4n) is 5.68. The van der Waals surface area contributed by atoms with Crippen molar-refractivity contribution in [2.45, 2.75) is 44.9 Å². The van der Waals surface area contributed by atoms with E-state index in [1.807, 2.05) is 24.3 Å². The molecule has 0 aliphatic heterocycles. The van der Waals surface area contributed by atoms with Gasteiger partial charge in [-0.2, -0.15) is 0 Å². The minimum absolute atomic E-state index is 0.153. The predicted molar refractivity (Wildman–Crippen MR) is 88.2 cm³/mol. The summed E-state index contributed by atoms with van der Waals surface area (Å²) in [5.74, 6) is 2.99. The molecule has 1 aromatic carbocycles. The molecule has 3 heteroatoms. The largest absolute Gasteiger partial charge is 0.399 e. The molecule has 0 atom stereocenters. The van der Waals surface area contributed by atoms with Crippen molar-refractivity contribution < 1.29 is 4.79 Å². The molecule has 0 unspecified atom stereocenters. The minimum Gasteiger partial charge on any atom is -0.399 e. The summed E-state index contributed by atoms with van der Waals surface area (Å²) in [6, 6.07) is 7.61. The molecule has 3 N–H and O–H groups in total. The number of nitrogens with two attached hydrogens (primary N) is 1. The molecule has 4 bridgehead atoms. The SMILES string of the molecule is Nc1ccc(CC(=O)NCC23CC4CC(CC(C4)C2)C3)cc1.